The van der Waals surface area contributed by atoms with Crippen molar-refractivity contribution in [3.63, 3.8) is 0 Å². The van der Waals surface area contributed by atoms with Gasteiger partial charge in [0.25, 0.3) is 0 Å². The Morgan fingerprint density at radius 3 is 2.59 bits per heavy atom. The summed E-state index contributed by atoms with van der Waals surface area (Å²) in [6, 6.07) is 10.9. The Kier molecular flexibility index (Phi) is 7.39. The lowest BCUT2D eigenvalue weighted by molar-refractivity contribution is -0.143. The van der Waals surface area contributed by atoms with E-state index in [1.54, 1.807) is 23.9 Å². The standard InChI is InChI=1S/C27H32F3N7O2/c1-17-3-4-20(32-26(38)37-6-5-18(16-37)15-27(28,29)30)13-21(17)19-11-22(23-14-24(31)35(2)34-23)33-25(12-19)36-7-9-39-10-8-36/h3-4,11-14,18H,5-10,15-16,31H2,1-2H3,(H,32,38)/t18-/m0/s1. The molecule has 1 aromatic carbocycles. The molecule has 12 heteroatoms. The van der Waals surface area contributed by atoms with Crippen molar-refractivity contribution < 1.29 is 22.7 Å². The van der Waals surface area contributed by atoms with Crippen LogP contribution in [0.25, 0.3) is 22.5 Å². The van der Waals surface area contributed by atoms with Crippen LogP contribution in [-0.4, -0.2) is 71.3 Å². The molecule has 3 aromatic rings. The minimum atomic E-state index is -4.23. The number of carbonyl (C=O) groups is 1. The number of ether oxygens (including phenoxy) is 1. The van der Waals surface area contributed by atoms with Crippen LogP contribution in [0.2, 0.25) is 0 Å². The number of carbonyl (C=O) groups excluding carboxylic acids is 1. The third-order valence-electron chi connectivity index (χ3n) is 7.22. The van der Waals surface area contributed by atoms with Crippen LogP contribution < -0.4 is 16.0 Å². The zero-order chi connectivity index (χ0) is 27.7. The average Bonchev–Trinajstić information content (AvgIpc) is 3.50. The van der Waals surface area contributed by atoms with E-state index in [4.69, 9.17) is 15.5 Å². The number of morpholine rings is 1. The van der Waals surface area contributed by atoms with Gasteiger partial charge in [0.15, 0.2) is 0 Å². The number of nitrogen functional groups attached to an aromatic ring is 1. The number of amides is 2. The molecule has 2 aliphatic rings. The van der Waals surface area contributed by atoms with E-state index in [2.05, 4.69) is 15.3 Å². The van der Waals surface area contributed by atoms with Crippen molar-refractivity contribution in [3.8, 4) is 22.5 Å². The van der Waals surface area contributed by atoms with Gasteiger partial charge < -0.3 is 25.6 Å². The molecule has 2 saturated heterocycles. The molecule has 208 valence electrons. The number of benzene rings is 1. The first-order valence-corrected chi connectivity index (χ1v) is 12.9. The van der Waals surface area contributed by atoms with Gasteiger partial charge in [0.2, 0.25) is 0 Å². The third-order valence-corrected chi connectivity index (χ3v) is 7.22. The molecule has 2 aromatic heterocycles. The molecule has 9 nitrogen and oxygen atoms in total. The Morgan fingerprint density at radius 1 is 1.13 bits per heavy atom. The van der Waals surface area contributed by atoms with Gasteiger partial charge in [-0.25, -0.2) is 9.78 Å². The van der Waals surface area contributed by atoms with Crippen LogP contribution in [0.15, 0.2) is 36.4 Å². The minimum Gasteiger partial charge on any atom is -0.384 e. The predicted molar refractivity (Wildman–Crippen MR) is 143 cm³/mol. The number of alkyl halides is 3. The van der Waals surface area contributed by atoms with Crippen LogP contribution in [0.4, 0.5) is 35.3 Å². The summed E-state index contributed by atoms with van der Waals surface area (Å²) >= 11 is 0. The Labute approximate surface area is 224 Å². The summed E-state index contributed by atoms with van der Waals surface area (Å²) in [7, 11) is 1.77. The highest BCUT2D eigenvalue weighted by Gasteiger charge is 2.36. The van der Waals surface area contributed by atoms with Crippen LogP contribution >= 0.6 is 0 Å². The topological polar surface area (TPSA) is 102 Å². The first kappa shape index (κ1) is 26.8. The van der Waals surface area contributed by atoms with Gasteiger partial charge in [-0.15, -0.1) is 0 Å². The fourth-order valence-electron chi connectivity index (χ4n) is 5.09. The van der Waals surface area contributed by atoms with Crippen molar-refractivity contribution in [1.29, 1.82) is 0 Å². The van der Waals surface area contributed by atoms with Gasteiger partial charge in [-0.2, -0.15) is 18.3 Å². The lowest BCUT2D eigenvalue weighted by Crippen LogP contribution is -2.36. The molecule has 4 heterocycles. The van der Waals surface area contributed by atoms with Crippen LogP contribution in [0.1, 0.15) is 18.4 Å². The molecule has 0 saturated carbocycles. The van der Waals surface area contributed by atoms with Gasteiger partial charge in [-0.1, -0.05) is 6.07 Å². The van der Waals surface area contributed by atoms with Crippen molar-refractivity contribution in [2.24, 2.45) is 13.0 Å². The predicted octanol–water partition coefficient (Wildman–Crippen LogP) is 4.68. The van der Waals surface area contributed by atoms with Crippen LogP contribution in [-0.2, 0) is 11.8 Å². The van der Waals surface area contributed by atoms with E-state index in [1.807, 2.05) is 31.2 Å². The summed E-state index contributed by atoms with van der Waals surface area (Å²) in [5, 5.41) is 7.38. The average molecular weight is 544 g/mol. The highest BCUT2D eigenvalue weighted by atomic mass is 19.4. The third kappa shape index (κ3) is 6.27. The molecular formula is C27H32F3N7O2. The van der Waals surface area contributed by atoms with Crippen molar-refractivity contribution in [2.45, 2.75) is 25.9 Å². The molecular weight excluding hydrogens is 511 g/mol. The van der Waals surface area contributed by atoms with E-state index in [9.17, 15) is 18.0 Å². The van der Waals surface area contributed by atoms with Gasteiger partial charge in [-0.3, -0.25) is 4.68 Å². The van der Waals surface area contributed by atoms with Crippen molar-refractivity contribution in [3.05, 3.63) is 42.0 Å². The molecule has 2 aliphatic heterocycles. The Bertz CT molecular complexity index is 1330. The second kappa shape index (κ2) is 10.8. The highest BCUT2D eigenvalue weighted by Crippen LogP contribution is 2.34. The van der Waals surface area contributed by atoms with E-state index >= 15 is 0 Å². The number of hydrogen-bond acceptors (Lipinski definition) is 6. The van der Waals surface area contributed by atoms with Crippen LogP contribution in [0, 0.1) is 12.8 Å². The van der Waals surface area contributed by atoms with E-state index in [0.717, 1.165) is 22.5 Å². The first-order chi connectivity index (χ1) is 18.6. The Balaban J connectivity index is 1.42. The summed E-state index contributed by atoms with van der Waals surface area (Å²) < 4.78 is 45.5. The number of nitrogens with one attached hydrogen (secondary N) is 1. The molecule has 39 heavy (non-hydrogen) atoms. The zero-order valence-electron chi connectivity index (χ0n) is 22.0. The maximum Gasteiger partial charge on any atom is 0.389 e. The molecule has 0 radical (unpaired) electrons. The van der Waals surface area contributed by atoms with Crippen molar-refractivity contribution >= 4 is 23.4 Å². The van der Waals surface area contributed by atoms with E-state index in [0.29, 0.717) is 62.2 Å². The molecule has 5 rings (SSSR count). The van der Waals surface area contributed by atoms with Gasteiger partial charge >= 0.3 is 12.2 Å². The fourth-order valence-corrected chi connectivity index (χ4v) is 5.09. The number of likely N-dealkylation sites (tertiary alicyclic amines) is 1. The summed E-state index contributed by atoms with van der Waals surface area (Å²) in [4.78, 5) is 21.4. The normalized spacial score (nSPS) is 18.0. The number of urea groups is 1. The number of nitrogens with two attached hydrogens (primary N) is 1. The van der Waals surface area contributed by atoms with Gasteiger partial charge in [-0.05, 0) is 60.2 Å². The minimum absolute atomic E-state index is 0.0912. The Hall–Kier alpha value is -3.80. The number of halogens is 3. The summed E-state index contributed by atoms with van der Waals surface area (Å²) in [5.74, 6) is 0.737. The summed E-state index contributed by atoms with van der Waals surface area (Å²) in [6.45, 7) is 5.01. The number of aryl methyl sites for hydroxylation is 2. The second-order valence-electron chi connectivity index (χ2n) is 10.2. The molecule has 0 unspecified atom stereocenters. The molecule has 0 aliphatic carbocycles. The van der Waals surface area contributed by atoms with E-state index < -0.39 is 24.5 Å². The summed E-state index contributed by atoms with van der Waals surface area (Å²) in [6.07, 6.45) is -4.76. The lowest BCUT2D eigenvalue weighted by Gasteiger charge is -2.28. The maximum atomic E-state index is 12.9. The van der Waals surface area contributed by atoms with Gasteiger partial charge in [0.1, 0.15) is 17.3 Å². The first-order valence-electron chi connectivity index (χ1n) is 12.9. The SMILES string of the molecule is Cc1ccc(NC(=O)N2CC[C@@H](CC(F)(F)F)C2)cc1-c1cc(-c2cc(N)n(C)n2)nc(N2CCOCC2)c1. The zero-order valence-corrected chi connectivity index (χ0v) is 22.0. The van der Waals surface area contributed by atoms with E-state index in [-0.39, 0.29) is 6.54 Å². The molecule has 1 atom stereocenters. The number of aromatic nitrogens is 3. The van der Waals surface area contributed by atoms with Gasteiger partial charge in [0, 0.05) is 51.4 Å². The maximum absolute atomic E-state index is 12.9. The Morgan fingerprint density at radius 2 is 1.90 bits per heavy atom. The van der Waals surface area contributed by atoms with Crippen molar-refractivity contribution in [1.82, 2.24) is 19.7 Å². The van der Waals surface area contributed by atoms with Crippen LogP contribution in [0.3, 0.4) is 0 Å². The molecule has 0 spiro atoms. The smallest absolute Gasteiger partial charge is 0.384 e. The molecule has 0 bridgehead atoms. The van der Waals surface area contributed by atoms with Crippen molar-refractivity contribution in [2.75, 3.05) is 55.3 Å². The van der Waals surface area contributed by atoms with E-state index in [1.165, 1.54) is 4.90 Å². The molecule has 3 N–H and O–H groups in total. The number of rotatable bonds is 5. The quantitative estimate of drug-likeness (QED) is 0.485. The highest BCUT2D eigenvalue weighted by molar-refractivity contribution is 5.91. The second-order valence-corrected chi connectivity index (χ2v) is 10.2. The van der Waals surface area contributed by atoms with Gasteiger partial charge in [0.05, 0.1) is 18.9 Å². The summed E-state index contributed by atoms with van der Waals surface area (Å²) in [5.41, 5.74) is 10.7. The largest absolute Gasteiger partial charge is 0.389 e. The molecule has 2 fully saturated rings. The molecule has 2 amide bonds. The lowest BCUT2D eigenvalue weighted by atomic mass is 9.99. The number of anilines is 3. The monoisotopic (exact) mass is 543 g/mol. The number of hydrogen-bond donors (Lipinski definition) is 2. The van der Waals surface area contributed by atoms with Crippen LogP contribution in [0.5, 0.6) is 0 Å². The number of nitrogens with zero attached hydrogens (tertiary/aromatic N) is 5. The fraction of sp³-hybridized carbons (Fsp3) is 0.444. The number of pyridine rings is 1.